The Bertz CT molecular complexity index is 1620. The number of ether oxygens (including phenoxy) is 2. The number of carbonyl (C=O) groups is 4. The second-order valence-electron chi connectivity index (χ2n) is 9.26. The summed E-state index contributed by atoms with van der Waals surface area (Å²) in [5.41, 5.74) is 2.24. The maximum atomic E-state index is 13.3. The highest BCUT2D eigenvalue weighted by molar-refractivity contribution is 8.00. The number of hydrogen-bond acceptors (Lipinski definition) is 8. The summed E-state index contributed by atoms with van der Waals surface area (Å²) in [5, 5.41) is 8.18. The van der Waals surface area contributed by atoms with Crippen LogP contribution < -0.4 is 20.7 Å². The van der Waals surface area contributed by atoms with E-state index in [9.17, 15) is 19.2 Å². The molecule has 3 aromatic carbocycles. The normalized spacial score (nSPS) is 11.3. The van der Waals surface area contributed by atoms with Gasteiger partial charge in [-0.25, -0.2) is 4.79 Å². The van der Waals surface area contributed by atoms with Gasteiger partial charge in [-0.15, -0.1) is 23.1 Å². The Hall–Kier alpha value is -4.61. The first kappa shape index (κ1) is 31.3. The minimum atomic E-state index is -0.620. The van der Waals surface area contributed by atoms with Crippen molar-refractivity contribution in [2.45, 2.75) is 30.9 Å². The van der Waals surface area contributed by atoms with Gasteiger partial charge < -0.3 is 25.4 Å². The van der Waals surface area contributed by atoms with Crippen molar-refractivity contribution in [3.8, 4) is 5.75 Å². The van der Waals surface area contributed by atoms with Gasteiger partial charge in [-0.1, -0.05) is 24.3 Å². The van der Waals surface area contributed by atoms with Crippen LogP contribution in [0.5, 0.6) is 5.75 Å². The predicted octanol–water partition coefficient (Wildman–Crippen LogP) is 6.87. The number of thiophene rings is 1. The first-order valence-electron chi connectivity index (χ1n) is 13.4. The smallest absolute Gasteiger partial charge is 0.341 e. The van der Waals surface area contributed by atoms with Crippen LogP contribution in [0.3, 0.4) is 0 Å². The standard InChI is InChI=1S/C32H31N3O6S2/c1-5-41-32(39)26-19(2)27(30(38)33-22-10-7-6-8-11-22)43-31(26)35-28(36)20(3)42-25-13-9-12-23(18-25)34-29(37)21-14-16-24(40-4)17-15-21/h6-18,20H,5H2,1-4H3,(H,33,38)(H,34,37)(H,35,36). The van der Waals surface area contributed by atoms with Crippen LogP contribution in [0.1, 0.15) is 49.8 Å². The third-order valence-electron chi connectivity index (χ3n) is 6.23. The number of benzene rings is 3. The topological polar surface area (TPSA) is 123 Å². The fourth-order valence-electron chi connectivity index (χ4n) is 4.04. The Morgan fingerprint density at radius 1 is 0.860 bits per heavy atom. The van der Waals surface area contributed by atoms with Gasteiger partial charge in [0.2, 0.25) is 5.91 Å². The molecule has 3 N–H and O–H groups in total. The molecular weight excluding hydrogens is 587 g/mol. The fourth-order valence-corrected chi connectivity index (χ4v) is 6.06. The van der Waals surface area contributed by atoms with Gasteiger partial charge >= 0.3 is 5.97 Å². The molecule has 0 fully saturated rings. The number of esters is 1. The monoisotopic (exact) mass is 617 g/mol. The van der Waals surface area contributed by atoms with Crippen LogP contribution in [-0.4, -0.2) is 42.7 Å². The second-order valence-corrected chi connectivity index (χ2v) is 11.7. The lowest BCUT2D eigenvalue weighted by Crippen LogP contribution is -2.23. The van der Waals surface area contributed by atoms with Crippen LogP contribution in [0.2, 0.25) is 0 Å². The van der Waals surface area contributed by atoms with Gasteiger partial charge in [0, 0.05) is 21.8 Å². The molecular formula is C32H31N3O6S2. The number of carbonyl (C=O) groups excluding carboxylic acids is 4. The number of anilines is 3. The van der Waals surface area contributed by atoms with E-state index in [0.717, 1.165) is 16.2 Å². The third kappa shape index (κ3) is 8.02. The molecule has 0 bridgehead atoms. The Morgan fingerprint density at radius 3 is 2.21 bits per heavy atom. The van der Waals surface area contributed by atoms with E-state index in [-0.39, 0.29) is 29.0 Å². The molecule has 0 saturated heterocycles. The minimum absolute atomic E-state index is 0.144. The van der Waals surface area contributed by atoms with Crippen molar-refractivity contribution in [1.29, 1.82) is 0 Å². The molecule has 1 unspecified atom stereocenters. The molecule has 4 rings (SSSR count). The summed E-state index contributed by atoms with van der Waals surface area (Å²) in [5.74, 6) is -0.996. The van der Waals surface area contributed by atoms with Crippen LogP contribution in [0.25, 0.3) is 0 Å². The van der Waals surface area contributed by atoms with Gasteiger partial charge in [-0.2, -0.15) is 0 Å². The van der Waals surface area contributed by atoms with E-state index in [4.69, 9.17) is 9.47 Å². The van der Waals surface area contributed by atoms with E-state index in [1.807, 2.05) is 12.1 Å². The van der Waals surface area contributed by atoms with E-state index in [1.54, 1.807) is 94.6 Å². The van der Waals surface area contributed by atoms with Crippen LogP contribution in [0.15, 0.2) is 83.8 Å². The number of para-hydroxylation sites is 1. The first-order valence-corrected chi connectivity index (χ1v) is 15.1. The zero-order chi connectivity index (χ0) is 30.9. The molecule has 4 aromatic rings. The van der Waals surface area contributed by atoms with Crippen molar-refractivity contribution in [3.05, 3.63) is 100 Å². The summed E-state index contributed by atoms with van der Waals surface area (Å²) < 4.78 is 10.4. The lowest BCUT2D eigenvalue weighted by atomic mass is 10.1. The average molecular weight is 618 g/mol. The van der Waals surface area contributed by atoms with Crippen LogP contribution in [0, 0.1) is 6.92 Å². The predicted molar refractivity (Wildman–Crippen MR) is 171 cm³/mol. The van der Waals surface area contributed by atoms with Crippen molar-refractivity contribution in [2.24, 2.45) is 0 Å². The zero-order valence-electron chi connectivity index (χ0n) is 24.1. The quantitative estimate of drug-likeness (QED) is 0.124. The molecule has 1 heterocycles. The zero-order valence-corrected chi connectivity index (χ0v) is 25.7. The van der Waals surface area contributed by atoms with Crippen molar-refractivity contribution in [3.63, 3.8) is 0 Å². The number of amides is 3. The second kappa shape index (κ2) is 14.5. The number of nitrogens with one attached hydrogen (secondary N) is 3. The molecule has 222 valence electrons. The first-order chi connectivity index (χ1) is 20.7. The van der Waals surface area contributed by atoms with Gasteiger partial charge in [-0.3, -0.25) is 14.4 Å². The Balaban J connectivity index is 1.47. The summed E-state index contributed by atoms with van der Waals surface area (Å²) >= 11 is 2.31. The summed E-state index contributed by atoms with van der Waals surface area (Å²) in [4.78, 5) is 52.9. The van der Waals surface area contributed by atoms with Gasteiger partial charge in [0.25, 0.3) is 11.8 Å². The van der Waals surface area contributed by atoms with E-state index in [2.05, 4.69) is 16.0 Å². The summed E-state index contributed by atoms with van der Waals surface area (Å²) in [6.45, 7) is 5.22. The lowest BCUT2D eigenvalue weighted by Gasteiger charge is -2.13. The summed E-state index contributed by atoms with van der Waals surface area (Å²) in [7, 11) is 1.56. The van der Waals surface area contributed by atoms with Crippen LogP contribution in [-0.2, 0) is 9.53 Å². The van der Waals surface area contributed by atoms with E-state index in [0.29, 0.717) is 33.1 Å². The Labute approximate surface area is 258 Å². The van der Waals surface area contributed by atoms with Crippen LogP contribution >= 0.6 is 23.1 Å². The number of thioether (sulfide) groups is 1. The minimum Gasteiger partial charge on any atom is -0.497 e. The summed E-state index contributed by atoms with van der Waals surface area (Å²) in [6.07, 6.45) is 0. The van der Waals surface area contributed by atoms with Crippen molar-refractivity contribution in [1.82, 2.24) is 0 Å². The van der Waals surface area contributed by atoms with Gasteiger partial charge in [0.1, 0.15) is 10.8 Å². The molecule has 0 aliphatic heterocycles. The largest absolute Gasteiger partial charge is 0.497 e. The molecule has 3 amide bonds. The molecule has 0 spiro atoms. The SMILES string of the molecule is CCOC(=O)c1c(NC(=O)C(C)Sc2cccc(NC(=O)c3ccc(OC)cc3)c2)sc(C(=O)Nc2ccccc2)c1C. The highest BCUT2D eigenvalue weighted by atomic mass is 32.2. The van der Waals surface area contributed by atoms with Crippen molar-refractivity contribution >= 4 is 63.2 Å². The maximum absolute atomic E-state index is 13.3. The number of methoxy groups -OCH3 is 1. The molecule has 43 heavy (non-hydrogen) atoms. The lowest BCUT2D eigenvalue weighted by molar-refractivity contribution is -0.115. The van der Waals surface area contributed by atoms with Gasteiger partial charge in [-0.05, 0) is 80.9 Å². The summed E-state index contributed by atoms with van der Waals surface area (Å²) in [6, 6.07) is 22.9. The van der Waals surface area contributed by atoms with Crippen molar-refractivity contribution in [2.75, 3.05) is 29.7 Å². The van der Waals surface area contributed by atoms with E-state index >= 15 is 0 Å². The van der Waals surface area contributed by atoms with Crippen molar-refractivity contribution < 1.29 is 28.7 Å². The molecule has 9 nitrogen and oxygen atoms in total. The molecule has 1 aromatic heterocycles. The van der Waals surface area contributed by atoms with E-state index < -0.39 is 17.1 Å². The highest BCUT2D eigenvalue weighted by Crippen LogP contribution is 2.35. The molecule has 0 radical (unpaired) electrons. The van der Waals surface area contributed by atoms with Gasteiger partial charge in [0.15, 0.2) is 0 Å². The highest BCUT2D eigenvalue weighted by Gasteiger charge is 2.28. The molecule has 0 aliphatic rings. The average Bonchev–Trinajstić information content (AvgIpc) is 3.33. The van der Waals surface area contributed by atoms with E-state index in [1.165, 1.54) is 11.8 Å². The number of rotatable bonds is 11. The third-order valence-corrected chi connectivity index (χ3v) is 8.53. The van der Waals surface area contributed by atoms with Gasteiger partial charge in [0.05, 0.1) is 29.4 Å². The van der Waals surface area contributed by atoms with Crippen LogP contribution in [0.4, 0.5) is 16.4 Å². The Morgan fingerprint density at radius 2 is 1.53 bits per heavy atom. The molecule has 0 saturated carbocycles. The Kier molecular flexibility index (Phi) is 10.6. The number of hydrogen-bond donors (Lipinski definition) is 3. The molecule has 1 atom stereocenters. The molecule has 11 heteroatoms. The maximum Gasteiger partial charge on any atom is 0.341 e. The fraction of sp³-hybridized carbons (Fsp3) is 0.188. The molecule has 0 aliphatic carbocycles.